The number of amides is 1. The highest BCUT2D eigenvalue weighted by Crippen LogP contribution is 2.48. The maximum atomic E-state index is 12.3. The summed E-state index contributed by atoms with van der Waals surface area (Å²) in [6.07, 6.45) is 3.48. The lowest BCUT2D eigenvalue weighted by molar-refractivity contribution is 0.0832. The van der Waals surface area contributed by atoms with Crippen molar-refractivity contribution in [3.63, 3.8) is 0 Å². The molecule has 1 aromatic rings. The lowest BCUT2D eigenvalue weighted by Gasteiger charge is -2.30. The minimum Gasteiger partial charge on any atom is -0.444 e. The Bertz CT molecular complexity index is 499. The third-order valence-electron chi connectivity index (χ3n) is 4.69. The molecule has 2 saturated carbocycles. The summed E-state index contributed by atoms with van der Waals surface area (Å²) in [7, 11) is 0. The van der Waals surface area contributed by atoms with Gasteiger partial charge >= 0.3 is 0 Å². The van der Waals surface area contributed by atoms with E-state index < -0.39 is 0 Å². The van der Waals surface area contributed by atoms with Crippen LogP contribution in [0.25, 0.3) is 0 Å². The fourth-order valence-corrected chi connectivity index (χ4v) is 4.29. The number of halogens is 1. The van der Waals surface area contributed by atoms with E-state index in [1.807, 2.05) is 6.92 Å². The average molecular weight is 328 g/mol. The van der Waals surface area contributed by atoms with E-state index in [4.69, 9.17) is 4.42 Å². The van der Waals surface area contributed by atoms with E-state index in [1.165, 1.54) is 6.42 Å². The molecule has 19 heavy (non-hydrogen) atoms. The Morgan fingerprint density at radius 2 is 2.26 bits per heavy atom. The molecule has 1 amide bonds. The van der Waals surface area contributed by atoms with Crippen LogP contribution in [0, 0.1) is 24.7 Å². The fraction of sp³-hybridized carbons (Fsp3) is 0.643. The SMILES string of the molecule is Cc1cc(Br)oc1C(=O)N[C@@H]1[C@H]2CC[C@@H](C2)[C@H]1CO. The second-order valence-electron chi connectivity index (χ2n) is 5.74. The second kappa shape index (κ2) is 4.94. The van der Waals surface area contributed by atoms with Gasteiger partial charge in [0.05, 0.1) is 0 Å². The summed E-state index contributed by atoms with van der Waals surface area (Å²) in [5, 5.41) is 12.6. The summed E-state index contributed by atoms with van der Waals surface area (Å²) in [5.41, 5.74) is 0.827. The highest BCUT2D eigenvalue weighted by molar-refractivity contribution is 9.10. The van der Waals surface area contributed by atoms with E-state index in [1.54, 1.807) is 6.07 Å². The van der Waals surface area contributed by atoms with Gasteiger partial charge in [-0.2, -0.15) is 0 Å². The Labute approximate surface area is 120 Å². The molecule has 0 saturated heterocycles. The van der Waals surface area contributed by atoms with Crippen molar-refractivity contribution >= 4 is 21.8 Å². The molecule has 0 spiro atoms. The molecule has 4 atom stereocenters. The molecule has 5 heteroatoms. The quantitative estimate of drug-likeness (QED) is 0.896. The Morgan fingerprint density at radius 3 is 2.89 bits per heavy atom. The van der Waals surface area contributed by atoms with Crippen LogP contribution in [0.15, 0.2) is 15.2 Å². The highest BCUT2D eigenvalue weighted by atomic mass is 79.9. The van der Waals surface area contributed by atoms with Crippen LogP contribution in [-0.2, 0) is 0 Å². The van der Waals surface area contributed by atoms with E-state index in [2.05, 4.69) is 21.2 Å². The van der Waals surface area contributed by atoms with Gasteiger partial charge in [-0.05, 0) is 60.0 Å². The molecule has 2 N–H and O–H groups in total. The number of carbonyl (C=O) groups excluding carboxylic acids is 1. The van der Waals surface area contributed by atoms with Crippen LogP contribution in [0.1, 0.15) is 35.4 Å². The van der Waals surface area contributed by atoms with E-state index in [0.29, 0.717) is 22.3 Å². The first-order chi connectivity index (χ1) is 9.10. The molecule has 2 aliphatic carbocycles. The molecule has 0 radical (unpaired) electrons. The molecule has 1 aromatic heterocycles. The summed E-state index contributed by atoms with van der Waals surface area (Å²) in [6, 6.07) is 1.89. The van der Waals surface area contributed by atoms with Crippen LogP contribution in [0.5, 0.6) is 0 Å². The van der Waals surface area contributed by atoms with Gasteiger partial charge in [0.1, 0.15) is 0 Å². The number of hydrogen-bond acceptors (Lipinski definition) is 3. The van der Waals surface area contributed by atoms with Gasteiger partial charge in [0.15, 0.2) is 10.4 Å². The van der Waals surface area contributed by atoms with Crippen LogP contribution < -0.4 is 5.32 Å². The number of aryl methyl sites for hydroxylation is 1. The van der Waals surface area contributed by atoms with Crippen molar-refractivity contribution in [2.75, 3.05) is 6.61 Å². The number of furan rings is 1. The Balaban J connectivity index is 1.74. The molecule has 2 fully saturated rings. The normalized spacial score (nSPS) is 32.8. The molecular formula is C14H18BrNO3. The number of fused-ring (bicyclic) bond motifs is 2. The van der Waals surface area contributed by atoms with Gasteiger partial charge in [0, 0.05) is 24.1 Å². The molecule has 2 bridgehead atoms. The topological polar surface area (TPSA) is 62.5 Å². The third kappa shape index (κ3) is 2.23. The number of hydrogen-bond donors (Lipinski definition) is 2. The van der Waals surface area contributed by atoms with E-state index in [9.17, 15) is 9.90 Å². The first-order valence-corrected chi connectivity index (χ1v) is 7.57. The summed E-state index contributed by atoms with van der Waals surface area (Å²) < 4.78 is 5.95. The first-order valence-electron chi connectivity index (χ1n) is 6.77. The number of carbonyl (C=O) groups is 1. The highest BCUT2D eigenvalue weighted by Gasteiger charge is 2.47. The summed E-state index contributed by atoms with van der Waals surface area (Å²) >= 11 is 3.24. The zero-order valence-electron chi connectivity index (χ0n) is 10.9. The number of aliphatic hydroxyl groups is 1. The molecule has 0 aromatic carbocycles. The van der Waals surface area contributed by atoms with Crippen molar-refractivity contribution in [3.8, 4) is 0 Å². The molecule has 4 nitrogen and oxygen atoms in total. The van der Waals surface area contributed by atoms with Crippen molar-refractivity contribution < 1.29 is 14.3 Å². The zero-order valence-corrected chi connectivity index (χ0v) is 12.4. The monoisotopic (exact) mass is 327 g/mol. The van der Waals surface area contributed by atoms with Gasteiger partial charge in [-0.1, -0.05) is 0 Å². The number of aliphatic hydroxyl groups excluding tert-OH is 1. The van der Waals surface area contributed by atoms with Crippen LogP contribution in [0.4, 0.5) is 0 Å². The molecule has 2 aliphatic rings. The van der Waals surface area contributed by atoms with Gasteiger partial charge < -0.3 is 14.8 Å². The van der Waals surface area contributed by atoms with Crippen LogP contribution in [0.3, 0.4) is 0 Å². The van der Waals surface area contributed by atoms with E-state index in [0.717, 1.165) is 18.4 Å². The van der Waals surface area contributed by atoms with Gasteiger partial charge in [0.2, 0.25) is 0 Å². The Kier molecular flexibility index (Phi) is 3.43. The summed E-state index contributed by atoms with van der Waals surface area (Å²) in [5.74, 6) is 1.50. The summed E-state index contributed by atoms with van der Waals surface area (Å²) in [4.78, 5) is 12.3. The van der Waals surface area contributed by atoms with Crippen molar-refractivity contribution in [2.24, 2.45) is 17.8 Å². The van der Waals surface area contributed by atoms with Crippen LogP contribution in [-0.4, -0.2) is 23.7 Å². The molecular weight excluding hydrogens is 310 g/mol. The zero-order chi connectivity index (χ0) is 13.6. The minimum atomic E-state index is -0.167. The van der Waals surface area contributed by atoms with Crippen molar-refractivity contribution in [1.82, 2.24) is 5.32 Å². The molecule has 0 aliphatic heterocycles. The lowest BCUT2D eigenvalue weighted by atomic mass is 9.85. The molecule has 1 heterocycles. The van der Waals surface area contributed by atoms with Crippen LogP contribution in [0.2, 0.25) is 0 Å². The van der Waals surface area contributed by atoms with Crippen molar-refractivity contribution in [2.45, 2.75) is 32.2 Å². The number of rotatable bonds is 3. The van der Waals surface area contributed by atoms with Gasteiger partial charge in [0.25, 0.3) is 5.91 Å². The molecule has 3 rings (SSSR count). The predicted molar refractivity (Wildman–Crippen MR) is 73.8 cm³/mol. The van der Waals surface area contributed by atoms with Gasteiger partial charge in [-0.15, -0.1) is 0 Å². The standard InChI is InChI=1S/C14H18BrNO3/c1-7-4-11(15)19-13(7)14(18)16-12-9-3-2-8(5-9)10(12)6-17/h4,8-10,12,17H,2-3,5-6H2,1H3,(H,16,18)/t8-,9-,10+,12+/m0/s1. The van der Waals surface area contributed by atoms with E-state index >= 15 is 0 Å². The maximum Gasteiger partial charge on any atom is 0.287 e. The van der Waals surface area contributed by atoms with E-state index in [-0.39, 0.29) is 24.5 Å². The fourth-order valence-electron chi connectivity index (χ4n) is 3.78. The predicted octanol–water partition coefficient (Wildman–Crippen LogP) is 2.49. The summed E-state index contributed by atoms with van der Waals surface area (Å²) in [6.45, 7) is 2.01. The average Bonchev–Trinajstić information content (AvgIpc) is 3.03. The number of nitrogens with one attached hydrogen (secondary N) is 1. The Morgan fingerprint density at radius 1 is 1.53 bits per heavy atom. The molecule has 104 valence electrons. The van der Waals surface area contributed by atoms with Crippen molar-refractivity contribution in [1.29, 1.82) is 0 Å². The third-order valence-corrected chi connectivity index (χ3v) is 5.08. The lowest BCUT2D eigenvalue weighted by Crippen LogP contribution is -2.45. The van der Waals surface area contributed by atoms with Crippen molar-refractivity contribution in [3.05, 3.63) is 22.1 Å². The molecule has 0 unspecified atom stereocenters. The minimum absolute atomic E-state index is 0.0968. The largest absolute Gasteiger partial charge is 0.444 e. The van der Waals surface area contributed by atoms with Gasteiger partial charge in [-0.3, -0.25) is 4.79 Å². The Hall–Kier alpha value is -0.810. The first kappa shape index (κ1) is 13.2. The second-order valence-corrected chi connectivity index (χ2v) is 6.52. The van der Waals surface area contributed by atoms with Crippen LogP contribution >= 0.6 is 15.9 Å². The smallest absolute Gasteiger partial charge is 0.287 e. The maximum absolute atomic E-state index is 12.3. The van der Waals surface area contributed by atoms with Gasteiger partial charge in [-0.25, -0.2) is 0 Å².